The Balaban J connectivity index is 1.48. The lowest BCUT2D eigenvalue weighted by Gasteiger charge is -2.15. The first-order chi connectivity index (χ1) is 16.9. The van der Waals surface area contributed by atoms with Crippen molar-refractivity contribution in [2.24, 2.45) is 0 Å². The molecule has 0 bridgehead atoms. The lowest BCUT2D eigenvalue weighted by Crippen LogP contribution is -2.15. The first-order valence-corrected chi connectivity index (χ1v) is 11.9. The van der Waals surface area contributed by atoms with E-state index in [0.717, 1.165) is 12.2 Å². The van der Waals surface area contributed by atoms with Crippen molar-refractivity contribution in [3.8, 4) is 23.0 Å². The monoisotopic (exact) mass is 476 g/mol. The molecule has 0 aromatic heterocycles. The van der Waals surface area contributed by atoms with Gasteiger partial charge in [0.1, 0.15) is 26.4 Å². The fraction of sp³-hybridized carbons (Fsp3) is 0.538. The van der Waals surface area contributed by atoms with Crippen molar-refractivity contribution >= 4 is 0 Å². The molecule has 0 amide bonds. The molecule has 8 heteroatoms. The average molecular weight is 477 g/mol. The van der Waals surface area contributed by atoms with Crippen LogP contribution in [0.4, 0.5) is 0 Å². The molecule has 0 spiro atoms. The Bertz CT molecular complexity index is 813. The summed E-state index contributed by atoms with van der Waals surface area (Å²) in [7, 11) is 0. The van der Waals surface area contributed by atoms with Crippen molar-refractivity contribution in [3.63, 3.8) is 0 Å². The van der Waals surface area contributed by atoms with Crippen LogP contribution in [0, 0.1) is 0 Å². The third-order valence-corrected chi connectivity index (χ3v) is 4.95. The first-order valence-electron chi connectivity index (χ1n) is 11.9. The number of para-hydroxylation sites is 2. The van der Waals surface area contributed by atoms with E-state index in [-0.39, 0.29) is 0 Å². The largest absolute Gasteiger partial charge is 0.487 e. The number of rotatable bonds is 1. The third kappa shape index (κ3) is 9.77. The molecular formula is C26H36O8. The number of hydrogen-bond donors (Lipinski definition) is 0. The molecular weight excluding hydrogens is 440 g/mol. The van der Waals surface area contributed by atoms with Gasteiger partial charge in [-0.3, -0.25) is 0 Å². The standard InChI is InChI=1S/C26H36O8/c1-2-22-7-8-25-26(21-22)34-20-16-30-12-11-28-14-18-32-24-6-4-3-5-23(24)31-17-13-27-9-10-29-15-19-33-25/h3-8,21H,2,9-20H2,1H3. The minimum Gasteiger partial charge on any atom is -0.487 e. The Labute approximate surface area is 202 Å². The fourth-order valence-corrected chi connectivity index (χ4v) is 3.18. The first kappa shape index (κ1) is 26.1. The van der Waals surface area contributed by atoms with Gasteiger partial charge in [-0.2, -0.15) is 0 Å². The smallest absolute Gasteiger partial charge is 0.161 e. The van der Waals surface area contributed by atoms with Crippen molar-refractivity contribution < 1.29 is 37.9 Å². The predicted octanol–water partition coefficient (Wildman–Crippen LogP) is 3.54. The molecule has 1 aliphatic heterocycles. The third-order valence-electron chi connectivity index (χ3n) is 4.95. The topological polar surface area (TPSA) is 73.8 Å². The van der Waals surface area contributed by atoms with E-state index in [1.807, 2.05) is 42.5 Å². The summed E-state index contributed by atoms with van der Waals surface area (Å²) >= 11 is 0. The molecule has 0 saturated carbocycles. The van der Waals surface area contributed by atoms with E-state index in [0.29, 0.717) is 96.5 Å². The van der Waals surface area contributed by atoms with Crippen LogP contribution >= 0.6 is 0 Å². The summed E-state index contributed by atoms with van der Waals surface area (Å²) in [6, 6.07) is 13.6. The number of benzene rings is 2. The molecule has 0 atom stereocenters. The van der Waals surface area contributed by atoms with Gasteiger partial charge in [0.15, 0.2) is 23.0 Å². The van der Waals surface area contributed by atoms with Gasteiger partial charge in [-0.05, 0) is 36.2 Å². The van der Waals surface area contributed by atoms with Crippen LogP contribution in [0.1, 0.15) is 12.5 Å². The van der Waals surface area contributed by atoms with Crippen LogP contribution in [-0.2, 0) is 25.4 Å². The minimum absolute atomic E-state index is 0.424. The molecule has 1 heterocycles. The Hall–Kier alpha value is -2.52. The summed E-state index contributed by atoms with van der Waals surface area (Å²) in [5.74, 6) is 2.79. The lowest BCUT2D eigenvalue weighted by molar-refractivity contribution is 0.0223. The highest BCUT2D eigenvalue weighted by molar-refractivity contribution is 5.43. The predicted molar refractivity (Wildman–Crippen MR) is 128 cm³/mol. The van der Waals surface area contributed by atoms with Crippen molar-refractivity contribution in [1.82, 2.24) is 0 Å². The molecule has 0 N–H and O–H groups in total. The van der Waals surface area contributed by atoms with E-state index in [2.05, 4.69) is 6.92 Å². The second kappa shape index (κ2) is 16.2. The number of ether oxygens (including phenoxy) is 8. The molecule has 8 nitrogen and oxygen atoms in total. The molecule has 3 rings (SSSR count). The van der Waals surface area contributed by atoms with Crippen molar-refractivity contribution in [1.29, 1.82) is 0 Å². The van der Waals surface area contributed by atoms with Crippen molar-refractivity contribution in [3.05, 3.63) is 48.0 Å². The van der Waals surface area contributed by atoms with Gasteiger partial charge >= 0.3 is 0 Å². The normalized spacial score (nSPS) is 17.9. The van der Waals surface area contributed by atoms with Gasteiger partial charge in [-0.1, -0.05) is 25.1 Å². The summed E-state index contributed by atoms with van der Waals surface area (Å²) in [4.78, 5) is 0. The summed E-state index contributed by atoms with van der Waals surface area (Å²) < 4.78 is 45.8. The van der Waals surface area contributed by atoms with Crippen LogP contribution in [0.25, 0.3) is 0 Å². The van der Waals surface area contributed by atoms with E-state index in [1.165, 1.54) is 5.56 Å². The summed E-state index contributed by atoms with van der Waals surface area (Å²) in [6.07, 6.45) is 0.925. The van der Waals surface area contributed by atoms with E-state index in [4.69, 9.17) is 37.9 Å². The summed E-state index contributed by atoms with van der Waals surface area (Å²) in [6.45, 7) is 7.59. The summed E-state index contributed by atoms with van der Waals surface area (Å²) in [5.41, 5.74) is 1.19. The molecule has 0 radical (unpaired) electrons. The zero-order valence-corrected chi connectivity index (χ0v) is 20.0. The number of hydrogen-bond acceptors (Lipinski definition) is 8. The Morgan fingerprint density at radius 3 is 1.29 bits per heavy atom. The van der Waals surface area contributed by atoms with Crippen LogP contribution in [0.3, 0.4) is 0 Å². The van der Waals surface area contributed by atoms with E-state index in [1.54, 1.807) is 0 Å². The molecule has 0 fully saturated rings. The maximum Gasteiger partial charge on any atom is 0.161 e. The van der Waals surface area contributed by atoms with Crippen LogP contribution in [0.2, 0.25) is 0 Å². The summed E-state index contributed by atoms with van der Waals surface area (Å²) in [5, 5.41) is 0. The number of aryl methyl sites for hydroxylation is 1. The average Bonchev–Trinajstić information content (AvgIpc) is 2.87. The van der Waals surface area contributed by atoms with Gasteiger partial charge in [-0.15, -0.1) is 0 Å². The van der Waals surface area contributed by atoms with Gasteiger partial charge in [0.05, 0.1) is 52.9 Å². The minimum atomic E-state index is 0.424. The van der Waals surface area contributed by atoms with Crippen LogP contribution in [0.5, 0.6) is 23.0 Å². The highest BCUT2D eigenvalue weighted by Crippen LogP contribution is 2.29. The van der Waals surface area contributed by atoms with Crippen molar-refractivity contribution in [2.75, 3.05) is 79.3 Å². The Morgan fingerprint density at radius 1 is 0.471 bits per heavy atom. The molecule has 2 aromatic rings. The van der Waals surface area contributed by atoms with Crippen LogP contribution < -0.4 is 18.9 Å². The molecule has 0 saturated heterocycles. The maximum absolute atomic E-state index is 5.92. The van der Waals surface area contributed by atoms with Gasteiger partial charge < -0.3 is 37.9 Å². The van der Waals surface area contributed by atoms with Gasteiger partial charge in [0.2, 0.25) is 0 Å². The molecule has 0 aliphatic carbocycles. The maximum atomic E-state index is 5.92. The zero-order chi connectivity index (χ0) is 23.7. The van der Waals surface area contributed by atoms with Crippen molar-refractivity contribution in [2.45, 2.75) is 13.3 Å². The van der Waals surface area contributed by atoms with Gasteiger partial charge in [0, 0.05) is 0 Å². The molecule has 188 valence electrons. The van der Waals surface area contributed by atoms with E-state index >= 15 is 0 Å². The molecule has 1 aliphatic rings. The van der Waals surface area contributed by atoms with Crippen LogP contribution in [-0.4, -0.2) is 79.3 Å². The quantitative estimate of drug-likeness (QED) is 0.619. The lowest BCUT2D eigenvalue weighted by atomic mass is 10.1. The second-order valence-electron chi connectivity index (χ2n) is 7.42. The number of fused-ring (bicyclic) bond motifs is 2. The highest BCUT2D eigenvalue weighted by Gasteiger charge is 2.08. The molecule has 2 aromatic carbocycles. The van der Waals surface area contributed by atoms with Gasteiger partial charge in [-0.25, -0.2) is 0 Å². The highest BCUT2D eigenvalue weighted by atomic mass is 16.6. The Morgan fingerprint density at radius 2 is 0.853 bits per heavy atom. The van der Waals surface area contributed by atoms with E-state index in [9.17, 15) is 0 Å². The van der Waals surface area contributed by atoms with Crippen LogP contribution in [0.15, 0.2) is 42.5 Å². The van der Waals surface area contributed by atoms with Gasteiger partial charge in [0.25, 0.3) is 0 Å². The zero-order valence-electron chi connectivity index (χ0n) is 20.0. The Kier molecular flexibility index (Phi) is 12.4. The van der Waals surface area contributed by atoms with E-state index < -0.39 is 0 Å². The SMILES string of the molecule is CCc1ccc2c(c1)OCCOCCOCCOc1ccccc1OCCOCCOCCO2. The molecule has 34 heavy (non-hydrogen) atoms. The fourth-order valence-electron chi connectivity index (χ4n) is 3.18. The second-order valence-corrected chi connectivity index (χ2v) is 7.42. The molecule has 0 unspecified atom stereocenters.